The summed E-state index contributed by atoms with van der Waals surface area (Å²) >= 11 is 0. The number of carbonyl (C=O) groups excluding carboxylic acids is 1. The third-order valence-electron chi connectivity index (χ3n) is 3.13. The zero-order valence-electron chi connectivity index (χ0n) is 12.8. The number of hydrogen-bond donors (Lipinski definition) is 1. The summed E-state index contributed by atoms with van der Waals surface area (Å²) in [5.41, 5.74) is 1.89. The highest BCUT2D eigenvalue weighted by atomic mass is 16.5. The first kappa shape index (κ1) is 16.4. The molecule has 1 atom stereocenters. The third-order valence-corrected chi connectivity index (χ3v) is 3.13. The molecule has 0 aromatic heterocycles. The van der Waals surface area contributed by atoms with Gasteiger partial charge in [0.1, 0.15) is 0 Å². The fourth-order valence-corrected chi connectivity index (χ4v) is 1.90. The monoisotopic (exact) mass is 275 g/mol. The fourth-order valence-electron chi connectivity index (χ4n) is 1.90. The number of rotatable bonds is 7. The van der Waals surface area contributed by atoms with E-state index in [1.54, 1.807) is 6.92 Å². The van der Waals surface area contributed by atoms with E-state index in [-0.39, 0.29) is 12.0 Å². The molecular formula is C17H25NO2. The first-order chi connectivity index (χ1) is 9.54. The van der Waals surface area contributed by atoms with Crippen molar-refractivity contribution in [3.63, 3.8) is 0 Å². The van der Waals surface area contributed by atoms with E-state index in [9.17, 15) is 4.79 Å². The van der Waals surface area contributed by atoms with Crippen LogP contribution in [-0.4, -0.2) is 18.6 Å². The van der Waals surface area contributed by atoms with Gasteiger partial charge in [-0.2, -0.15) is 0 Å². The second-order valence-corrected chi connectivity index (χ2v) is 5.21. The summed E-state index contributed by atoms with van der Waals surface area (Å²) < 4.78 is 5.01. The van der Waals surface area contributed by atoms with E-state index in [4.69, 9.17) is 4.74 Å². The van der Waals surface area contributed by atoms with Crippen molar-refractivity contribution in [3.8, 4) is 0 Å². The Hall–Kier alpha value is -1.61. The van der Waals surface area contributed by atoms with Gasteiger partial charge in [-0.25, -0.2) is 4.79 Å². The minimum absolute atomic E-state index is 0.152. The second-order valence-electron chi connectivity index (χ2n) is 5.21. The predicted molar refractivity (Wildman–Crippen MR) is 82.3 cm³/mol. The molecule has 0 heterocycles. The molecule has 3 nitrogen and oxygen atoms in total. The summed E-state index contributed by atoms with van der Waals surface area (Å²) in [7, 11) is 0. The van der Waals surface area contributed by atoms with E-state index < -0.39 is 0 Å². The van der Waals surface area contributed by atoms with Gasteiger partial charge in [-0.05, 0) is 25.3 Å². The van der Waals surface area contributed by atoms with Crippen molar-refractivity contribution in [2.24, 2.45) is 5.92 Å². The molecule has 3 heteroatoms. The first-order valence-corrected chi connectivity index (χ1v) is 7.17. The Bertz CT molecular complexity index is 438. The van der Waals surface area contributed by atoms with Crippen molar-refractivity contribution in [2.75, 3.05) is 6.61 Å². The normalized spacial score (nSPS) is 13.3. The molecule has 0 aliphatic rings. The molecule has 0 fully saturated rings. The van der Waals surface area contributed by atoms with Crippen LogP contribution < -0.4 is 5.32 Å². The van der Waals surface area contributed by atoms with Gasteiger partial charge in [-0.15, -0.1) is 0 Å². The quantitative estimate of drug-likeness (QED) is 0.613. The standard InChI is InChI=1S/C17H25NO2/c1-5-20-17(19)14(4)11-16(13(2)3)18-12-15-9-7-6-8-10-15/h6-11,13,16,18H,5,12H2,1-4H3/b14-11+/t16-/m1/s1. The van der Waals surface area contributed by atoms with Gasteiger partial charge in [-0.3, -0.25) is 0 Å². The molecule has 0 aliphatic heterocycles. The minimum Gasteiger partial charge on any atom is -0.463 e. The molecule has 0 saturated heterocycles. The van der Waals surface area contributed by atoms with E-state index in [0.29, 0.717) is 18.1 Å². The molecule has 0 saturated carbocycles. The molecule has 0 bridgehead atoms. The van der Waals surface area contributed by atoms with Crippen molar-refractivity contribution in [2.45, 2.75) is 40.3 Å². The maximum absolute atomic E-state index is 11.7. The fraction of sp³-hybridized carbons (Fsp3) is 0.471. The SMILES string of the molecule is CCOC(=O)/C(C)=C/[C@@H](NCc1ccccc1)C(C)C. The molecular weight excluding hydrogens is 250 g/mol. The van der Waals surface area contributed by atoms with Crippen molar-refractivity contribution < 1.29 is 9.53 Å². The molecule has 1 N–H and O–H groups in total. The summed E-state index contributed by atoms with van der Waals surface area (Å²) in [6, 6.07) is 10.4. The summed E-state index contributed by atoms with van der Waals surface area (Å²) in [5.74, 6) is 0.169. The van der Waals surface area contributed by atoms with Crippen LogP contribution in [0, 0.1) is 5.92 Å². The summed E-state index contributed by atoms with van der Waals surface area (Å²) in [4.78, 5) is 11.7. The van der Waals surface area contributed by atoms with Gasteiger partial charge < -0.3 is 10.1 Å². The Morgan fingerprint density at radius 1 is 1.30 bits per heavy atom. The van der Waals surface area contributed by atoms with Crippen LogP contribution in [0.5, 0.6) is 0 Å². The molecule has 0 unspecified atom stereocenters. The molecule has 0 aliphatic carbocycles. The number of carbonyl (C=O) groups is 1. The van der Waals surface area contributed by atoms with Crippen LogP contribution in [0.4, 0.5) is 0 Å². The Balaban J connectivity index is 2.65. The molecule has 0 spiro atoms. The summed E-state index contributed by atoms with van der Waals surface area (Å²) in [6.07, 6.45) is 1.96. The number of hydrogen-bond acceptors (Lipinski definition) is 3. The topological polar surface area (TPSA) is 38.3 Å². The Kier molecular flexibility index (Phi) is 7.02. The lowest BCUT2D eigenvalue weighted by Gasteiger charge is -2.20. The average Bonchev–Trinajstić information content (AvgIpc) is 2.44. The lowest BCUT2D eigenvalue weighted by molar-refractivity contribution is -0.138. The molecule has 1 aromatic carbocycles. The number of nitrogens with one attached hydrogen (secondary N) is 1. The highest BCUT2D eigenvalue weighted by molar-refractivity contribution is 5.87. The molecule has 1 rings (SSSR count). The Morgan fingerprint density at radius 3 is 2.50 bits per heavy atom. The summed E-state index contributed by atoms with van der Waals surface area (Å²) in [6.45, 7) is 9.09. The van der Waals surface area contributed by atoms with Crippen LogP contribution in [0.2, 0.25) is 0 Å². The minimum atomic E-state index is -0.236. The molecule has 1 aromatic rings. The lowest BCUT2D eigenvalue weighted by atomic mass is 10.0. The van der Waals surface area contributed by atoms with E-state index in [0.717, 1.165) is 6.54 Å². The van der Waals surface area contributed by atoms with E-state index in [1.165, 1.54) is 5.56 Å². The van der Waals surface area contributed by atoms with Gasteiger partial charge in [0.05, 0.1) is 6.61 Å². The Labute approximate surface area is 122 Å². The third kappa shape index (κ3) is 5.57. The van der Waals surface area contributed by atoms with Crippen LogP contribution in [0.3, 0.4) is 0 Å². The van der Waals surface area contributed by atoms with E-state index >= 15 is 0 Å². The molecule has 110 valence electrons. The largest absolute Gasteiger partial charge is 0.463 e. The predicted octanol–water partition coefficient (Wildman–Crippen LogP) is 3.31. The van der Waals surface area contributed by atoms with Crippen molar-refractivity contribution in [3.05, 3.63) is 47.5 Å². The van der Waals surface area contributed by atoms with Gasteiger partial charge >= 0.3 is 5.97 Å². The maximum atomic E-state index is 11.7. The van der Waals surface area contributed by atoms with Gasteiger partial charge in [-0.1, -0.05) is 50.3 Å². The van der Waals surface area contributed by atoms with Crippen LogP contribution >= 0.6 is 0 Å². The highest BCUT2D eigenvalue weighted by Crippen LogP contribution is 2.09. The summed E-state index contributed by atoms with van der Waals surface area (Å²) in [5, 5.41) is 3.48. The van der Waals surface area contributed by atoms with E-state index in [1.807, 2.05) is 31.2 Å². The highest BCUT2D eigenvalue weighted by Gasteiger charge is 2.13. The number of benzene rings is 1. The molecule has 0 amide bonds. The van der Waals surface area contributed by atoms with Crippen molar-refractivity contribution >= 4 is 5.97 Å². The van der Waals surface area contributed by atoms with Gasteiger partial charge in [0.25, 0.3) is 0 Å². The zero-order valence-corrected chi connectivity index (χ0v) is 12.8. The van der Waals surface area contributed by atoms with E-state index in [2.05, 4.69) is 31.3 Å². The lowest BCUT2D eigenvalue weighted by Crippen LogP contribution is -2.32. The van der Waals surface area contributed by atoms with Crippen LogP contribution in [0.15, 0.2) is 42.0 Å². The van der Waals surface area contributed by atoms with Crippen LogP contribution in [-0.2, 0) is 16.1 Å². The maximum Gasteiger partial charge on any atom is 0.333 e. The second kappa shape index (κ2) is 8.54. The van der Waals surface area contributed by atoms with Gasteiger partial charge in [0, 0.05) is 18.2 Å². The molecule has 0 radical (unpaired) electrons. The van der Waals surface area contributed by atoms with Gasteiger partial charge in [0.15, 0.2) is 0 Å². The number of ether oxygens (including phenoxy) is 1. The molecule has 20 heavy (non-hydrogen) atoms. The van der Waals surface area contributed by atoms with Gasteiger partial charge in [0.2, 0.25) is 0 Å². The van der Waals surface area contributed by atoms with Crippen molar-refractivity contribution in [1.82, 2.24) is 5.32 Å². The zero-order chi connectivity index (χ0) is 15.0. The Morgan fingerprint density at radius 2 is 1.95 bits per heavy atom. The van der Waals surface area contributed by atoms with Crippen LogP contribution in [0.25, 0.3) is 0 Å². The first-order valence-electron chi connectivity index (χ1n) is 7.17. The smallest absolute Gasteiger partial charge is 0.333 e. The average molecular weight is 275 g/mol. The number of esters is 1. The van der Waals surface area contributed by atoms with Crippen LogP contribution in [0.1, 0.15) is 33.3 Å². The van der Waals surface area contributed by atoms with Crippen molar-refractivity contribution in [1.29, 1.82) is 0 Å².